The Morgan fingerprint density at radius 1 is 1.18 bits per heavy atom. The van der Waals surface area contributed by atoms with Crippen LogP contribution in [0.1, 0.15) is 53.9 Å². The van der Waals surface area contributed by atoms with E-state index in [0.717, 1.165) is 44.9 Å². The van der Waals surface area contributed by atoms with E-state index in [0.29, 0.717) is 18.6 Å². The van der Waals surface area contributed by atoms with Gasteiger partial charge in [0, 0.05) is 31.7 Å². The van der Waals surface area contributed by atoms with Crippen LogP contribution in [-0.4, -0.2) is 59.8 Å². The molecule has 6 heteroatoms. The van der Waals surface area contributed by atoms with Crippen molar-refractivity contribution in [2.75, 3.05) is 26.2 Å². The van der Waals surface area contributed by atoms with Crippen LogP contribution in [0, 0.1) is 0 Å². The number of halogens is 1. The highest BCUT2D eigenvalue weighted by Crippen LogP contribution is 2.31. The fourth-order valence-electron chi connectivity index (χ4n) is 2.73. The average molecular weight is 426 g/mol. The summed E-state index contributed by atoms with van der Waals surface area (Å²) in [4.78, 5) is 6.97. The first-order chi connectivity index (χ1) is 9.88. The molecule has 0 atom stereocenters. The maximum absolute atomic E-state index is 10.1. The zero-order valence-electron chi connectivity index (χ0n) is 14.9. The predicted molar refractivity (Wildman–Crippen MR) is 105 cm³/mol. The van der Waals surface area contributed by atoms with E-state index in [1.165, 1.54) is 0 Å². The van der Waals surface area contributed by atoms with Gasteiger partial charge in [-0.2, -0.15) is 0 Å². The number of nitrogens with zero attached hydrogens (tertiary/aromatic N) is 2. The van der Waals surface area contributed by atoms with E-state index < -0.39 is 5.60 Å². The van der Waals surface area contributed by atoms with E-state index in [1.54, 1.807) is 0 Å². The fraction of sp³-hybridized carbons (Fsp3) is 0.938. The smallest absolute Gasteiger partial charge is 0.191 e. The molecule has 0 unspecified atom stereocenters. The highest BCUT2D eigenvalue weighted by molar-refractivity contribution is 14.0. The molecule has 22 heavy (non-hydrogen) atoms. The van der Waals surface area contributed by atoms with Crippen molar-refractivity contribution in [1.82, 2.24) is 15.5 Å². The lowest BCUT2D eigenvalue weighted by molar-refractivity contribution is -0.0236. The summed E-state index contributed by atoms with van der Waals surface area (Å²) in [5, 5.41) is 16.7. The van der Waals surface area contributed by atoms with Gasteiger partial charge >= 0.3 is 0 Å². The van der Waals surface area contributed by atoms with Crippen molar-refractivity contribution < 1.29 is 5.11 Å². The Bertz CT molecular complexity index is 322. The van der Waals surface area contributed by atoms with Gasteiger partial charge < -0.3 is 15.7 Å². The van der Waals surface area contributed by atoms with Crippen LogP contribution in [-0.2, 0) is 0 Å². The molecule has 0 aromatic rings. The number of aliphatic hydroxyl groups is 1. The Morgan fingerprint density at radius 2 is 1.77 bits per heavy atom. The lowest BCUT2D eigenvalue weighted by atomic mass is 9.80. The SMILES string of the molecule is CCNC(=NCC1(O)CCC1)NCCN(C(C)C)C(C)C.I. The van der Waals surface area contributed by atoms with E-state index in [9.17, 15) is 5.11 Å². The third kappa shape index (κ3) is 7.46. The second kappa shape index (κ2) is 10.6. The maximum Gasteiger partial charge on any atom is 0.191 e. The molecule has 0 aromatic heterocycles. The number of guanidine groups is 1. The zero-order valence-corrected chi connectivity index (χ0v) is 17.2. The van der Waals surface area contributed by atoms with Gasteiger partial charge in [0.05, 0.1) is 12.1 Å². The van der Waals surface area contributed by atoms with Gasteiger partial charge in [0.15, 0.2) is 5.96 Å². The minimum atomic E-state index is -0.551. The first-order valence-corrected chi connectivity index (χ1v) is 8.38. The topological polar surface area (TPSA) is 59.9 Å². The minimum absolute atomic E-state index is 0. The zero-order chi connectivity index (χ0) is 15.9. The summed E-state index contributed by atoms with van der Waals surface area (Å²) in [5.74, 6) is 0.810. The van der Waals surface area contributed by atoms with Crippen LogP contribution in [0.4, 0.5) is 0 Å². The van der Waals surface area contributed by atoms with Crippen LogP contribution in [0.15, 0.2) is 4.99 Å². The van der Waals surface area contributed by atoms with E-state index in [4.69, 9.17) is 0 Å². The number of nitrogens with one attached hydrogen (secondary N) is 2. The van der Waals surface area contributed by atoms with Crippen molar-refractivity contribution in [2.24, 2.45) is 4.99 Å². The Hall–Kier alpha value is -0.0800. The molecule has 0 bridgehead atoms. The molecular weight excluding hydrogens is 391 g/mol. The van der Waals surface area contributed by atoms with E-state index in [1.807, 2.05) is 0 Å². The van der Waals surface area contributed by atoms with Gasteiger partial charge in [-0.25, -0.2) is 0 Å². The Morgan fingerprint density at radius 3 is 2.18 bits per heavy atom. The quantitative estimate of drug-likeness (QED) is 0.317. The minimum Gasteiger partial charge on any atom is -0.388 e. The number of aliphatic imine (C=N–C) groups is 1. The molecule has 5 nitrogen and oxygen atoms in total. The molecule has 0 spiro atoms. The van der Waals surface area contributed by atoms with Gasteiger partial charge in [-0.3, -0.25) is 9.89 Å². The molecular formula is C16H35IN4O. The molecule has 0 aliphatic heterocycles. The van der Waals surface area contributed by atoms with Crippen molar-refractivity contribution in [2.45, 2.75) is 71.6 Å². The van der Waals surface area contributed by atoms with E-state index in [-0.39, 0.29) is 24.0 Å². The van der Waals surface area contributed by atoms with Gasteiger partial charge in [-0.15, -0.1) is 24.0 Å². The summed E-state index contributed by atoms with van der Waals surface area (Å²) in [7, 11) is 0. The summed E-state index contributed by atoms with van der Waals surface area (Å²) in [6.45, 7) is 14.2. The summed E-state index contributed by atoms with van der Waals surface area (Å²) < 4.78 is 0. The second-order valence-electron chi connectivity index (χ2n) is 6.63. The molecule has 0 aromatic carbocycles. The maximum atomic E-state index is 10.1. The van der Waals surface area contributed by atoms with Crippen LogP contribution in [0.25, 0.3) is 0 Å². The molecule has 0 saturated heterocycles. The van der Waals surface area contributed by atoms with Crippen molar-refractivity contribution in [1.29, 1.82) is 0 Å². The molecule has 1 aliphatic carbocycles. The van der Waals surface area contributed by atoms with Gasteiger partial charge in [0.25, 0.3) is 0 Å². The third-order valence-corrected chi connectivity index (χ3v) is 4.15. The summed E-state index contributed by atoms with van der Waals surface area (Å²) in [5.41, 5.74) is -0.551. The number of rotatable bonds is 8. The van der Waals surface area contributed by atoms with E-state index in [2.05, 4.69) is 55.1 Å². The van der Waals surface area contributed by atoms with Gasteiger partial charge in [0.2, 0.25) is 0 Å². The summed E-state index contributed by atoms with van der Waals surface area (Å²) in [6, 6.07) is 1.09. The lowest BCUT2D eigenvalue weighted by Crippen LogP contribution is -2.46. The van der Waals surface area contributed by atoms with Gasteiger partial charge in [-0.05, 0) is 53.9 Å². The fourth-order valence-corrected chi connectivity index (χ4v) is 2.73. The van der Waals surface area contributed by atoms with Crippen LogP contribution in [0.2, 0.25) is 0 Å². The molecule has 1 fully saturated rings. The van der Waals surface area contributed by atoms with Crippen molar-refractivity contribution in [3.8, 4) is 0 Å². The predicted octanol–water partition coefficient (Wildman–Crippen LogP) is 2.19. The molecule has 3 N–H and O–H groups in total. The first-order valence-electron chi connectivity index (χ1n) is 8.38. The van der Waals surface area contributed by atoms with Gasteiger partial charge in [0.1, 0.15) is 0 Å². The molecule has 132 valence electrons. The Labute approximate surface area is 153 Å². The Balaban J connectivity index is 0.00000441. The number of hydrogen-bond acceptors (Lipinski definition) is 3. The highest BCUT2D eigenvalue weighted by atomic mass is 127. The van der Waals surface area contributed by atoms with Crippen LogP contribution in [0.5, 0.6) is 0 Å². The molecule has 0 amide bonds. The van der Waals surface area contributed by atoms with Crippen molar-refractivity contribution in [3.05, 3.63) is 0 Å². The molecule has 0 radical (unpaired) electrons. The van der Waals surface area contributed by atoms with Crippen molar-refractivity contribution in [3.63, 3.8) is 0 Å². The first kappa shape index (κ1) is 21.9. The average Bonchev–Trinajstić information content (AvgIpc) is 2.37. The van der Waals surface area contributed by atoms with Crippen LogP contribution < -0.4 is 10.6 Å². The van der Waals surface area contributed by atoms with Crippen LogP contribution in [0.3, 0.4) is 0 Å². The normalized spacial score (nSPS) is 17.4. The summed E-state index contributed by atoms with van der Waals surface area (Å²) >= 11 is 0. The van der Waals surface area contributed by atoms with Crippen LogP contribution >= 0.6 is 24.0 Å². The second-order valence-corrected chi connectivity index (χ2v) is 6.63. The Kier molecular flexibility index (Phi) is 10.6. The summed E-state index contributed by atoms with van der Waals surface area (Å²) in [6.07, 6.45) is 2.88. The highest BCUT2D eigenvalue weighted by Gasteiger charge is 2.34. The standard InChI is InChI=1S/C16H34N4O.HI/c1-6-17-15(19-12-16(21)8-7-9-16)18-10-11-20(13(2)3)14(4)5;/h13-14,21H,6-12H2,1-5H3,(H2,17,18,19);1H. The number of hydrogen-bond donors (Lipinski definition) is 3. The lowest BCUT2D eigenvalue weighted by Gasteiger charge is -2.35. The van der Waals surface area contributed by atoms with E-state index >= 15 is 0 Å². The molecule has 0 heterocycles. The molecule has 1 rings (SSSR count). The monoisotopic (exact) mass is 426 g/mol. The third-order valence-electron chi connectivity index (χ3n) is 4.15. The van der Waals surface area contributed by atoms with Crippen molar-refractivity contribution >= 4 is 29.9 Å². The largest absolute Gasteiger partial charge is 0.388 e. The molecule has 1 aliphatic rings. The molecule has 1 saturated carbocycles. The van der Waals surface area contributed by atoms with Gasteiger partial charge in [-0.1, -0.05) is 0 Å².